The Kier molecular flexibility index (Phi) is 7.27. The fraction of sp³-hybridized carbons (Fsp3) is 0.696. The van der Waals surface area contributed by atoms with Gasteiger partial charge < -0.3 is 9.64 Å². The fourth-order valence-electron chi connectivity index (χ4n) is 5.45. The number of amides is 1. The smallest absolute Gasteiger partial charge is 0.279 e. The van der Waals surface area contributed by atoms with Gasteiger partial charge in [-0.1, -0.05) is 0 Å². The summed E-state index contributed by atoms with van der Waals surface area (Å²) < 4.78 is 35.0. The van der Waals surface area contributed by atoms with Gasteiger partial charge in [-0.25, -0.2) is 14.7 Å². The maximum atomic E-state index is 12.5. The minimum atomic E-state index is -3.50. The van der Waals surface area contributed by atoms with Crippen LogP contribution in [0.3, 0.4) is 0 Å². The summed E-state index contributed by atoms with van der Waals surface area (Å²) >= 11 is 1.60. The molecule has 0 unspecified atom stereocenters. The van der Waals surface area contributed by atoms with Crippen molar-refractivity contribution in [2.45, 2.75) is 63.6 Å². The van der Waals surface area contributed by atoms with E-state index in [2.05, 4.69) is 26.6 Å². The summed E-state index contributed by atoms with van der Waals surface area (Å²) in [6.07, 6.45) is 8.20. The molecule has 1 saturated heterocycles. The fourth-order valence-corrected chi connectivity index (χ4v) is 7.47. The minimum absolute atomic E-state index is 0.0447. The Bertz CT molecular complexity index is 1170. The summed E-state index contributed by atoms with van der Waals surface area (Å²) in [5, 5.41) is 0.846. The van der Waals surface area contributed by atoms with Crippen LogP contribution >= 0.6 is 11.3 Å². The molecule has 2 aliphatic heterocycles. The lowest BCUT2D eigenvalue weighted by atomic mass is 9.92. The molecule has 0 radical (unpaired) electrons. The van der Waals surface area contributed by atoms with Crippen LogP contribution in [0.1, 0.15) is 49.0 Å². The first-order chi connectivity index (χ1) is 16.9. The van der Waals surface area contributed by atoms with Crippen LogP contribution in [0.4, 0.5) is 0 Å². The van der Waals surface area contributed by atoms with Crippen molar-refractivity contribution in [1.29, 1.82) is 0 Å². The van der Waals surface area contributed by atoms with Crippen molar-refractivity contribution in [3.8, 4) is 5.88 Å². The summed E-state index contributed by atoms with van der Waals surface area (Å²) in [5.41, 5.74) is 0.958. The molecule has 12 heteroatoms. The summed E-state index contributed by atoms with van der Waals surface area (Å²) in [6, 6.07) is 0.376. The molecule has 0 atom stereocenters. The molecule has 0 spiro atoms. The van der Waals surface area contributed by atoms with E-state index in [0.717, 1.165) is 72.3 Å². The van der Waals surface area contributed by atoms with Gasteiger partial charge >= 0.3 is 0 Å². The normalized spacial score (nSPS) is 23.7. The van der Waals surface area contributed by atoms with Crippen molar-refractivity contribution >= 4 is 37.7 Å². The minimum Gasteiger partial charge on any atom is -0.474 e. The van der Waals surface area contributed by atoms with Gasteiger partial charge in [-0.05, 0) is 57.6 Å². The van der Waals surface area contributed by atoms with E-state index in [4.69, 9.17) is 4.74 Å². The maximum absolute atomic E-state index is 12.5. The van der Waals surface area contributed by atoms with Gasteiger partial charge in [0.15, 0.2) is 0 Å². The number of aromatic nitrogens is 2. The number of rotatable bonds is 7. The quantitative estimate of drug-likeness (QED) is 0.590. The maximum Gasteiger partial charge on any atom is 0.279 e. The van der Waals surface area contributed by atoms with Crippen LogP contribution in [0.25, 0.3) is 10.2 Å². The zero-order valence-electron chi connectivity index (χ0n) is 20.4. The Labute approximate surface area is 210 Å². The Morgan fingerprint density at radius 3 is 2.66 bits per heavy atom. The second kappa shape index (κ2) is 10.3. The third-order valence-corrected chi connectivity index (χ3v) is 10.3. The highest BCUT2D eigenvalue weighted by molar-refractivity contribution is 7.87. The Morgan fingerprint density at radius 2 is 1.94 bits per heavy atom. The zero-order valence-corrected chi connectivity index (χ0v) is 22.0. The highest BCUT2D eigenvalue weighted by Gasteiger charge is 2.32. The SMILES string of the molecule is CNS(=O)(=O)N1CCc2sc3ncnc(O[C@H]4CC[C@H](N(C)CC(=O)N5CCCC5)CC4)c3c2C1. The molecular weight excluding hydrogens is 488 g/mol. The van der Waals surface area contributed by atoms with Gasteiger partial charge in [0, 0.05) is 44.1 Å². The van der Waals surface area contributed by atoms with E-state index in [-0.39, 0.29) is 12.0 Å². The summed E-state index contributed by atoms with van der Waals surface area (Å²) in [6.45, 7) is 3.02. The third kappa shape index (κ3) is 5.17. The molecule has 0 bridgehead atoms. The lowest BCUT2D eigenvalue weighted by Crippen LogP contribution is -2.44. The van der Waals surface area contributed by atoms with Crippen LogP contribution < -0.4 is 9.46 Å². The molecule has 2 aromatic heterocycles. The summed E-state index contributed by atoms with van der Waals surface area (Å²) in [5.74, 6) is 0.792. The second-order valence-corrected chi connectivity index (χ2v) is 12.7. The molecule has 1 N–H and O–H groups in total. The Morgan fingerprint density at radius 1 is 1.20 bits per heavy atom. The number of likely N-dealkylation sites (tertiary alicyclic amines) is 1. The number of hydrogen-bond donors (Lipinski definition) is 1. The van der Waals surface area contributed by atoms with Crippen molar-refractivity contribution in [1.82, 2.24) is 28.8 Å². The van der Waals surface area contributed by atoms with Crippen LogP contribution in [-0.2, 0) is 28.0 Å². The number of nitrogens with zero attached hydrogens (tertiary/aromatic N) is 5. The highest BCUT2D eigenvalue weighted by atomic mass is 32.2. The molecule has 1 saturated carbocycles. The van der Waals surface area contributed by atoms with Crippen LogP contribution in [0.2, 0.25) is 0 Å². The summed E-state index contributed by atoms with van der Waals surface area (Å²) in [4.78, 5) is 27.6. The number of nitrogens with one attached hydrogen (secondary N) is 1. The molecule has 4 heterocycles. The Balaban J connectivity index is 1.24. The van der Waals surface area contributed by atoms with E-state index >= 15 is 0 Å². The van der Waals surface area contributed by atoms with E-state index in [1.807, 2.05) is 4.90 Å². The van der Waals surface area contributed by atoms with Crippen LogP contribution in [0.5, 0.6) is 5.88 Å². The average molecular weight is 523 g/mol. The first kappa shape index (κ1) is 24.8. The molecule has 35 heavy (non-hydrogen) atoms. The topological polar surface area (TPSA) is 108 Å². The van der Waals surface area contributed by atoms with E-state index in [1.54, 1.807) is 11.3 Å². The first-order valence-electron chi connectivity index (χ1n) is 12.4. The van der Waals surface area contributed by atoms with Crippen molar-refractivity contribution in [2.75, 3.05) is 40.3 Å². The highest BCUT2D eigenvalue weighted by Crippen LogP contribution is 2.39. The molecule has 2 fully saturated rings. The van der Waals surface area contributed by atoms with Gasteiger partial charge in [0.25, 0.3) is 10.2 Å². The molecule has 3 aliphatic rings. The number of likely N-dealkylation sites (N-methyl/N-ethyl adjacent to an activating group) is 1. The van der Waals surface area contributed by atoms with Crippen molar-refractivity contribution in [3.05, 3.63) is 16.8 Å². The zero-order chi connectivity index (χ0) is 24.6. The molecule has 1 aliphatic carbocycles. The monoisotopic (exact) mass is 522 g/mol. The number of thiophene rings is 1. The van der Waals surface area contributed by atoms with Gasteiger partial charge in [0.1, 0.15) is 17.3 Å². The van der Waals surface area contributed by atoms with E-state index in [0.29, 0.717) is 38.0 Å². The predicted molar refractivity (Wildman–Crippen MR) is 135 cm³/mol. The molecule has 0 aromatic carbocycles. The second-order valence-electron chi connectivity index (χ2n) is 9.71. The summed E-state index contributed by atoms with van der Waals surface area (Å²) in [7, 11) is -0.0177. The molecular formula is C23H34N6O4S2. The standard InChI is InChI=1S/C23H34N6O4S2/c1-24-35(31,32)29-12-9-19-18(13-29)21-22(25-15-26-23(21)34-19)33-17-7-5-16(6-8-17)27(2)14-20(30)28-10-3-4-11-28/h15-17,24H,3-14H2,1-2H3/t16-,17-. The number of ether oxygens (including phenoxy) is 1. The van der Waals surface area contributed by atoms with E-state index in [1.165, 1.54) is 17.7 Å². The van der Waals surface area contributed by atoms with Gasteiger partial charge in [0.2, 0.25) is 11.8 Å². The van der Waals surface area contributed by atoms with Crippen LogP contribution in [0.15, 0.2) is 6.33 Å². The van der Waals surface area contributed by atoms with Gasteiger partial charge in [-0.2, -0.15) is 12.7 Å². The Hall–Kier alpha value is -1.86. The van der Waals surface area contributed by atoms with Gasteiger partial charge in [0.05, 0.1) is 11.9 Å². The van der Waals surface area contributed by atoms with Gasteiger partial charge in [-0.15, -0.1) is 11.3 Å². The number of hydrogen-bond acceptors (Lipinski definition) is 8. The van der Waals surface area contributed by atoms with E-state index in [9.17, 15) is 13.2 Å². The molecule has 192 valence electrons. The van der Waals surface area contributed by atoms with Crippen molar-refractivity contribution in [3.63, 3.8) is 0 Å². The largest absolute Gasteiger partial charge is 0.474 e. The predicted octanol–water partition coefficient (Wildman–Crippen LogP) is 1.76. The van der Waals surface area contributed by atoms with E-state index < -0.39 is 10.2 Å². The van der Waals surface area contributed by atoms with Crippen LogP contribution in [0, 0.1) is 0 Å². The lowest BCUT2D eigenvalue weighted by molar-refractivity contribution is -0.131. The lowest BCUT2D eigenvalue weighted by Gasteiger charge is -2.35. The number of carbonyl (C=O) groups excluding carboxylic acids is 1. The van der Waals surface area contributed by atoms with Gasteiger partial charge in [-0.3, -0.25) is 9.69 Å². The molecule has 1 amide bonds. The molecule has 2 aromatic rings. The first-order valence-corrected chi connectivity index (χ1v) is 14.7. The third-order valence-electron chi connectivity index (χ3n) is 7.55. The average Bonchev–Trinajstić information content (AvgIpc) is 3.53. The number of fused-ring (bicyclic) bond motifs is 3. The van der Waals surface area contributed by atoms with Crippen LogP contribution in [-0.4, -0.2) is 90.8 Å². The van der Waals surface area contributed by atoms with Crippen molar-refractivity contribution in [2.24, 2.45) is 0 Å². The molecule has 10 nitrogen and oxygen atoms in total. The number of carbonyl (C=O) groups is 1. The molecule has 5 rings (SSSR count). The van der Waals surface area contributed by atoms with Crippen molar-refractivity contribution < 1.29 is 17.9 Å².